The van der Waals surface area contributed by atoms with Crippen LogP contribution in [0.2, 0.25) is 0 Å². The third kappa shape index (κ3) is 5.86. The van der Waals surface area contributed by atoms with Gasteiger partial charge in [-0.05, 0) is 43.7 Å². The van der Waals surface area contributed by atoms with Crippen molar-refractivity contribution in [1.29, 1.82) is 0 Å². The first-order valence-corrected chi connectivity index (χ1v) is 15.4. The van der Waals surface area contributed by atoms with Crippen LogP contribution in [-0.4, -0.2) is 36.3 Å². The van der Waals surface area contributed by atoms with E-state index >= 15 is 0 Å². The van der Waals surface area contributed by atoms with Crippen LogP contribution in [0.5, 0.6) is 11.5 Å². The quantitative estimate of drug-likeness (QED) is 0.117. The fourth-order valence-electron chi connectivity index (χ4n) is 5.45. The Morgan fingerprint density at radius 1 is 1.02 bits per heavy atom. The lowest BCUT2D eigenvalue weighted by Crippen LogP contribution is -2.40. The summed E-state index contributed by atoms with van der Waals surface area (Å²) in [7, 11) is 3.04. The zero-order valence-electron chi connectivity index (χ0n) is 25.9. The van der Waals surface area contributed by atoms with Gasteiger partial charge in [0, 0.05) is 28.8 Å². The Bertz CT molecular complexity index is 2230. The van der Waals surface area contributed by atoms with Crippen molar-refractivity contribution in [1.82, 2.24) is 4.57 Å². The van der Waals surface area contributed by atoms with E-state index in [2.05, 4.69) is 0 Å². The molecule has 0 saturated carbocycles. The zero-order valence-corrected chi connectivity index (χ0v) is 26.7. The van der Waals surface area contributed by atoms with E-state index in [4.69, 9.17) is 23.6 Å². The normalized spacial score (nSPS) is 14.4. The van der Waals surface area contributed by atoms with Gasteiger partial charge in [-0.2, -0.15) is 0 Å². The number of nitro groups is 1. The molecule has 5 aromatic rings. The van der Waals surface area contributed by atoms with Crippen LogP contribution < -0.4 is 24.4 Å². The minimum Gasteiger partial charge on any atom is -0.493 e. The average Bonchev–Trinajstić information content (AvgIpc) is 3.68. The first kappa shape index (κ1) is 31.2. The molecule has 3 heterocycles. The van der Waals surface area contributed by atoms with Crippen LogP contribution in [0, 0.1) is 17.0 Å². The second-order valence-electron chi connectivity index (χ2n) is 10.5. The van der Waals surface area contributed by atoms with Gasteiger partial charge in [-0.15, -0.1) is 0 Å². The van der Waals surface area contributed by atoms with E-state index in [1.54, 1.807) is 62.4 Å². The molecule has 1 aliphatic heterocycles. The summed E-state index contributed by atoms with van der Waals surface area (Å²) in [5.74, 6) is 1.08. The number of hydrogen-bond donors (Lipinski definition) is 0. The first-order valence-electron chi connectivity index (χ1n) is 14.6. The molecule has 11 nitrogen and oxygen atoms in total. The van der Waals surface area contributed by atoms with Crippen LogP contribution >= 0.6 is 11.3 Å². The van der Waals surface area contributed by atoms with Crippen molar-refractivity contribution in [2.75, 3.05) is 20.8 Å². The van der Waals surface area contributed by atoms with Gasteiger partial charge >= 0.3 is 5.97 Å². The number of rotatable bonds is 9. The molecule has 0 amide bonds. The summed E-state index contributed by atoms with van der Waals surface area (Å²) in [5, 5.41) is 11.5. The van der Waals surface area contributed by atoms with Gasteiger partial charge in [0.25, 0.3) is 11.2 Å². The summed E-state index contributed by atoms with van der Waals surface area (Å²) in [5.41, 5.74) is 2.51. The molecule has 0 N–H and O–H groups in total. The molecule has 47 heavy (non-hydrogen) atoms. The largest absolute Gasteiger partial charge is 0.493 e. The highest BCUT2D eigenvalue weighted by molar-refractivity contribution is 7.07. The van der Waals surface area contributed by atoms with Crippen molar-refractivity contribution in [2.24, 2.45) is 4.99 Å². The molecule has 2 aromatic heterocycles. The first-order chi connectivity index (χ1) is 22.7. The summed E-state index contributed by atoms with van der Waals surface area (Å²) < 4.78 is 24.3. The number of fused-ring (bicyclic) bond motifs is 1. The Hall–Kier alpha value is -5.75. The van der Waals surface area contributed by atoms with Crippen molar-refractivity contribution in [2.45, 2.75) is 19.9 Å². The maximum absolute atomic E-state index is 14.2. The second-order valence-corrected chi connectivity index (χ2v) is 11.5. The highest BCUT2D eigenvalue weighted by Gasteiger charge is 2.35. The fraction of sp³-hybridized carbons (Fsp3) is 0.171. The van der Waals surface area contributed by atoms with Crippen molar-refractivity contribution in [3.63, 3.8) is 0 Å². The van der Waals surface area contributed by atoms with Crippen molar-refractivity contribution >= 4 is 34.8 Å². The maximum atomic E-state index is 14.2. The number of esters is 1. The van der Waals surface area contributed by atoms with Gasteiger partial charge in [0.2, 0.25) is 0 Å². The summed E-state index contributed by atoms with van der Waals surface area (Å²) >= 11 is 1.15. The van der Waals surface area contributed by atoms with E-state index in [1.807, 2.05) is 30.3 Å². The number of furan rings is 1. The number of aryl methyl sites for hydroxylation is 1. The number of hydrogen-bond acceptors (Lipinski definition) is 10. The highest BCUT2D eigenvalue weighted by atomic mass is 32.1. The third-order valence-corrected chi connectivity index (χ3v) is 8.67. The Balaban J connectivity index is 1.55. The molecule has 6 rings (SSSR count). The Morgan fingerprint density at radius 3 is 2.49 bits per heavy atom. The fourth-order valence-corrected chi connectivity index (χ4v) is 6.43. The van der Waals surface area contributed by atoms with Gasteiger partial charge in [0.05, 0.1) is 47.6 Å². The molecule has 0 saturated heterocycles. The number of ether oxygens (including phenoxy) is 3. The minimum absolute atomic E-state index is 0.0180. The lowest BCUT2D eigenvalue weighted by Gasteiger charge is -2.26. The molecular weight excluding hydrogens is 622 g/mol. The van der Waals surface area contributed by atoms with E-state index in [9.17, 15) is 19.7 Å². The molecule has 238 valence electrons. The van der Waals surface area contributed by atoms with Crippen LogP contribution in [-0.2, 0) is 9.53 Å². The standard InChI is InChI=1S/C35H29N3O8S/c1-5-45-34(40)30-31(21-9-7-6-8-10-21)36-35-37(32(30)23-13-15-27(43-3)28(18-23)44-4)33(39)29(47-35)19-24-14-16-26(46-24)22-12-11-20(2)25(17-22)38(41)42/h6-19,32H,5H2,1-4H3/b29-19-/t32-/m1/s1. The van der Waals surface area contributed by atoms with Crippen molar-refractivity contribution < 1.29 is 28.3 Å². The van der Waals surface area contributed by atoms with Crippen LogP contribution in [0.25, 0.3) is 23.1 Å². The molecule has 0 spiro atoms. The summed E-state index contributed by atoms with van der Waals surface area (Å²) in [6.45, 7) is 3.51. The summed E-state index contributed by atoms with van der Waals surface area (Å²) in [4.78, 5) is 44.2. The van der Waals surface area contributed by atoms with Crippen LogP contribution in [0.3, 0.4) is 0 Å². The van der Waals surface area contributed by atoms with Gasteiger partial charge < -0.3 is 18.6 Å². The number of aromatic nitrogens is 1. The number of thiazole rings is 1. The van der Waals surface area contributed by atoms with E-state index in [1.165, 1.54) is 24.9 Å². The third-order valence-electron chi connectivity index (χ3n) is 7.69. The number of carbonyl (C=O) groups is 1. The van der Waals surface area contributed by atoms with Gasteiger partial charge in [-0.25, -0.2) is 9.79 Å². The maximum Gasteiger partial charge on any atom is 0.338 e. The minimum atomic E-state index is -0.914. The SMILES string of the molecule is CCOC(=O)C1=C(c2ccccc2)N=c2s/c(=C\c3ccc(-c4ccc(C)c([N+](=O)[O-])c4)o3)c(=O)n2[C@@H]1c1ccc(OC)c(OC)c1. The van der Waals surface area contributed by atoms with Crippen LogP contribution in [0.1, 0.15) is 35.4 Å². The molecule has 1 atom stereocenters. The van der Waals surface area contributed by atoms with Crippen LogP contribution in [0.4, 0.5) is 5.69 Å². The molecule has 0 aliphatic carbocycles. The van der Waals surface area contributed by atoms with Gasteiger partial charge in [0.15, 0.2) is 16.3 Å². The number of nitrogens with zero attached hydrogens (tertiary/aromatic N) is 3. The average molecular weight is 652 g/mol. The molecule has 0 radical (unpaired) electrons. The van der Waals surface area contributed by atoms with Gasteiger partial charge in [-0.1, -0.05) is 59.9 Å². The molecule has 0 unspecified atom stereocenters. The van der Waals surface area contributed by atoms with E-state index in [0.29, 0.717) is 60.3 Å². The molecule has 0 fully saturated rings. The molecule has 0 bridgehead atoms. The number of benzene rings is 3. The lowest BCUT2D eigenvalue weighted by molar-refractivity contribution is -0.385. The van der Waals surface area contributed by atoms with Crippen molar-refractivity contribution in [3.05, 3.63) is 137 Å². The number of carbonyl (C=O) groups excluding carboxylic acids is 1. The van der Waals surface area contributed by atoms with E-state index in [0.717, 1.165) is 11.3 Å². The Labute approximate surface area is 272 Å². The Kier molecular flexibility index (Phi) is 8.59. The monoisotopic (exact) mass is 651 g/mol. The molecule has 1 aliphatic rings. The highest BCUT2D eigenvalue weighted by Crippen LogP contribution is 2.38. The smallest absolute Gasteiger partial charge is 0.338 e. The van der Waals surface area contributed by atoms with Crippen LogP contribution in [0.15, 0.2) is 98.6 Å². The molecule has 3 aromatic carbocycles. The van der Waals surface area contributed by atoms with Crippen molar-refractivity contribution in [3.8, 4) is 22.8 Å². The zero-order chi connectivity index (χ0) is 33.2. The molecular formula is C35H29N3O8S. The van der Waals surface area contributed by atoms with Gasteiger partial charge in [0.1, 0.15) is 11.5 Å². The van der Waals surface area contributed by atoms with E-state index < -0.39 is 22.5 Å². The second kappa shape index (κ2) is 12.9. The van der Waals surface area contributed by atoms with E-state index in [-0.39, 0.29) is 17.9 Å². The van der Waals surface area contributed by atoms with Gasteiger partial charge in [-0.3, -0.25) is 19.5 Å². The predicted octanol–water partition coefficient (Wildman–Crippen LogP) is 5.43. The summed E-state index contributed by atoms with van der Waals surface area (Å²) in [6, 6.07) is 21.8. The summed E-state index contributed by atoms with van der Waals surface area (Å²) in [6.07, 6.45) is 1.60. The Morgan fingerprint density at radius 2 is 1.79 bits per heavy atom. The number of nitro benzene ring substituents is 1. The molecule has 12 heteroatoms. The number of methoxy groups -OCH3 is 2. The lowest BCUT2D eigenvalue weighted by atomic mass is 9.93. The predicted molar refractivity (Wildman–Crippen MR) is 176 cm³/mol. The topological polar surface area (TPSA) is 135 Å².